The lowest BCUT2D eigenvalue weighted by Crippen LogP contribution is -2.49. The highest BCUT2D eigenvalue weighted by atomic mass is 16.3. The second kappa shape index (κ2) is 6.21. The second-order valence-corrected chi connectivity index (χ2v) is 4.13. The number of aliphatic hydroxyl groups is 3. The molecule has 1 rings (SSSR count). The van der Waals surface area contributed by atoms with Crippen molar-refractivity contribution in [2.75, 3.05) is 30.9 Å². The zero-order valence-corrected chi connectivity index (χ0v) is 9.93. The highest BCUT2D eigenvalue weighted by Gasteiger charge is 2.27. The number of nitriles is 1. The van der Waals surface area contributed by atoms with Gasteiger partial charge in [0.25, 0.3) is 0 Å². The quantitative estimate of drug-likeness (QED) is 0.433. The van der Waals surface area contributed by atoms with Crippen LogP contribution in [0.25, 0.3) is 0 Å². The van der Waals surface area contributed by atoms with Gasteiger partial charge in [0.15, 0.2) is 0 Å². The Morgan fingerprint density at radius 1 is 1.22 bits per heavy atom. The Morgan fingerprint density at radius 2 is 1.83 bits per heavy atom. The van der Waals surface area contributed by atoms with Crippen LogP contribution in [0.4, 0.5) is 11.4 Å². The standard InChI is InChI=1S/C12H17N3O3/c13-4-3-9-5-10(1-2-11(9)14)15-12(6-16,7-17)8-18/h1-2,5,15-18H,3,6-8,14H2. The molecule has 0 bridgehead atoms. The van der Waals surface area contributed by atoms with E-state index in [1.54, 1.807) is 18.2 Å². The van der Waals surface area contributed by atoms with Crippen LogP contribution in [-0.2, 0) is 6.42 Å². The van der Waals surface area contributed by atoms with Crippen molar-refractivity contribution < 1.29 is 15.3 Å². The normalized spacial score (nSPS) is 11.0. The Morgan fingerprint density at radius 3 is 2.33 bits per heavy atom. The number of aliphatic hydroxyl groups excluding tert-OH is 3. The average molecular weight is 251 g/mol. The van der Waals surface area contributed by atoms with Crippen molar-refractivity contribution in [3.63, 3.8) is 0 Å². The molecule has 0 atom stereocenters. The first-order valence-corrected chi connectivity index (χ1v) is 5.47. The summed E-state index contributed by atoms with van der Waals surface area (Å²) < 4.78 is 0. The number of hydrogen-bond donors (Lipinski definition) is 5. The lowest BCUT2D eigenvalue weighted by Gasteiger charge is -2.30. The van der Waals surface area contributed by atoms with E-state index in [-0.39, 0.29) is 6.42 Å². The highest BCUT2D eigenvalue weighted by Crippen LogP contribution is 2.21. The molecule has 0 aliphatic rings. The first-order valence-electron chi connectivity index (χ1n) is 5.47. The molecule has 0 aliphatic carbocycles. The van der Waals surface area contributed by atoms with Gasteiger partial charge in [0.05, 0.1) is 32.3 Å². The summed E-state index contributed by atoms with van der Waals surface area (Å²) in [7, 11) is 0. The van der Waals surface area contributed by atoms with Gasteiger partial charge in [-0.25, -0.2) is 0 Å². The first kappa shape index (κ1) is 14.3. The van der Waals surface area contributed by atoms with Gasteiger partial charge in [0.2, 0.25) is 0 Å². The third-order valence-electron chi connectivity index (χ3n) is 2.73. The average Bonchev–Trinajstić information content (AvgIpc) is 2.40. The zero-order valence-electron chi connectivity index (χ0n) is 9.93. The van der Waals surface area contributed by atoms with Crippen molar-refractivity contribution in [2.24, 2.45) is 0 Å². The molecule has 0 aromatic heterocycles. The molecule has 1 aromatic carbocycles. The van der Waals surface area contributed by atoms with Gasteiger partial charge < -0.3 is 26.4 Å². The summed E-state index contributed by atoms with van der Waals surface area (Å²) in [5, 5.41) is 39.1. The van der Waals surface area contributed by atoms with Crippen LogP contribution in [0, 0.1) is 11.3 Å². The molecule has 6 nitrogen and oxygen atoms in total. The molecule has 0 spiro atoms. The summed E-state index contributed by atoms with van der Waals surface area (Å²) in [6, 6.07) is 6.95. The molecule has 0 aliphatic heterocycles. The van der Waals surface area contributed by atoms with Crippen LogP contribution in [0.2, 0.25) is 0 Å². The molecule has 0 saturated carbocycles. The van der Waals surface area contributed by atoms with Gasteiger partial charge in [-0.3, -0.25) is 0 Å². The fourth-order valence-electron chi connectivity index (χ4n) is 1.50. The molecule has 0 heterocycles. The number of benzene rings is 1. The largest absolute Gasteiger partial charge is 0.398 e. The Hall–Kier alpha value is -1.81. The third-order valence-corrected chi connectivity index (χ3v) is 2.73. The molecule has 18 heavy (non-hydrogen) atoms. The van der Waals surface area contributed by atoms with Gasteiger partial charge in [-0.2, -0.15) is 5.26 Å². The van der Waals surface area contributed by atoms with Crippen molar-refractivity contribution in [3.8, 4) is 6.07 Å². The van der Waals surface area contributed by atoms with E-state index in [0.29, 0.717) is 16.9 Å². The maximum atomic E-state index is 9.21. The summed E-state index contributed by atoms with van der Waals surface area (Å²) in [6.07, 6.45) is 0.172. The summed E-state index contributed by atoms with van der Waals surface area (Å²) in [5.74, 6) is 0. The molecular formula is C12H17N3O3. The Bertz CT molecular complexity index is 430. The molecule has 0 unspecified atom stereocenters. The van der Waals surface area contributed by atoms with Gasteiger partial charge >= 0.3 is 0 Å². The number of anilines is 2. The van der Waals surface area contributed by atoms with E-state index >= 15 is 0 Å². The lowest BCUT2D eigenvalue weighted by atomic mass is 10.0. The van der Waals surface area contributed by atoms with E-state index in [4.69, 9.17) is 11.0 Å². The minimum Gasteiger partial charge on any atom is -0.398 e. The van der Waals surface area contributed by atoms with Gasteiger partial charge in [0, 0.05) is 11.4 Å². The Labute approximate surface area is 105 Å². The molecule has 0 amide bonds. The van der Waals surface area contributed by atoms with Gasteiger partial charge in [-0.05, 0) is 23.8 Å². The van der Waals surface area contributed by atoms with Gasteiger partial charge in [0.1, 0.15) is 5.54 Å². The molecule has 98 valence electrons. The summed E-state index contributed by atoms with van der Waals surface area (Å²) in [4.78, 5) is 0. The molecule has 1 aromatic rings. The van der Waals surface area contributed by atoms with Gasteiger partial charge in [-0.1, -0.05) is 0 Å². The van der Waals surface area contributed by atoms with Crippen LogP contribution in [0.15, 0.2) is 18.2 Å². The molecule has 6 heteroatoms. The van der Waals surface area contributed by atoms with Crippen molar-refractivity contribution in [2.45, 2.75) is 12.0 Å². The summed E-state index contributed by atoms with van der Waals surface area (Å²) in [6.45, 7) is -1.26. The number of nitrogens with one attached hydrogen (secondary N) is 1. The number of nitrogen functional groups attached to an aromatic ring is 1. The van der Waals surface area contributed by atoms with Crippen LogP contribution in [0.5, 0.6) is 0 Å². The van der Waals surface area contributed by atoms with Crippen LogP contribution in [0.3, 0.4) is 0 Å². The maximum Gasteiger partial charge on any atom is 0.107 e. The zero-order chi connectivity index (χ0) is 13.6. The fraction of sp³-hybridized carbons (Fsp3) is 0.417. The Kier molecular flexibility index (Phi) is 4.92. The predicted molar refractivity (Wildman–Crippen MR) is 67.8 cm³/mol. The molecule has 6 N–H and O–H groups in total. The monoisotopic (exact) mass is 251 g/mol. The molecule has 0 radical (unpaired) electrons. The van der Waals surface area contributed by atoms with E-state index in [9.17, 15) is 15.3 Å². The maximum absolute atomic E-state index is 9.21. The van der Waals surface area contributed by atoms with E-state index < -0.39 is 25.4 Å². The van der Waals surface area contributed by atoms with Crippen LogP contribution in [-0.4, -0.2) is 40.7 Å². The predicted octanol–water partition coefficient (Wildman–Crippen LogP) is -0.538. The molecule has 0 fully saturated rings. The summed E-state index contributed by atoms with van der Waals surface area (Å²) >= 11 is 0. The lowest BCUT2D eigenvalue weighted by molar-refractivity contribution is 0.0834. The number of hydrogen-bond acceptors (Lipinski definition) is 6. The highest BCUT2D eigenvalue weighted by molar-refractivity contribution is 5.59. The van der Waals surface area contributed by atoms with Crippen LogP contribution >= 0.6 is 0 Å². The topological polar surface area (TPSA) is 123 Å². The number of rotatable bonds is 6. The summed E-state index contributed by atoms with van der Waals surface area (Å²) in [5.41, 5.74) is 6.25. The molecule has 0 saturated heterocycles. The van der Waals surface area contributed by atoms with Gasteiger partial charge in [-0.15, -0.1) is 0 Å². The van der Waals surface area contributed by atoms with Crippen molar-refractivity contribution >= 4 is 11.4 Å². The third kappa shape index (κ3) is 3.11. The van der Waals surface area contributed by atoms with Crippen molar-refractivity contribution in [1.29, 1.82) is 5.26 Å². The minimum atomic E-state index is -1.19. The van der Waals surface area contributed by atoms with Crippen molar-refractivity contribution in [1.82, 2.24) is 0 Å². The number of nitrogens with zero attached hydrogens (tertiary/aromatic N) is 1. The van der Waals surface area contributed by atoms with Crippen molar-refractivity contribution in [3.05, 3.63) is 23.8 Å². The minimum absolute atomic E-state index is 0.172. The SMILES string of the molecule is N#CCc1cc(NC(CO)(CO)CO)ccc1N. The molecular weight excluding hydrogens is 234 g/mol. The first-order chi connectivity index (χ1) is 8.60. The van der Waals surface area contributed by atoms with E-state index in [1.165, 1.54) is 0 Å². The Balaban J connectivity index is 2.97. The van der Waals surface area contributed by atoms with E-state index in [2.05, 4.69) is 5.32 Å². The van der Waals surface area contributed by atoms with Crippen LogP contribution in [0.1, 0.15) is 5.56 Å². The second-order valence-electron chi connectivity index (χ2n) is 4.13. The van der Waals surface area contributed by atoms with Crippen LogP contribution < -0.4 is 11.1 Å². The van der Waals surface area contributed by atoms with E-state index in [0.717, 1.165) is 0 Å². The number of nitrogens with two attached hydrogens (primary N) is 1. The fourth-order valence-corrected chi connectivity index (χ4v) is 1.50. The smallest absolute Gasteiger partial charge is 0.107 e. The van der Waals surface area contributed by atoms with E-state index in [1.807, 2.05) is 6.07 Å².